The summed E-state index contributed by atoms with van der Waals surface area (Å²) in [5.74, 6) is 0. The monoisotopic (exact) mass is 279 g/mol. The molecule has 0 saturated heterocycles. The van der Waals surface area contributed by atoms with Crippen LogP contribution >= 0.6 is 34.2 Å². The van der Waals surface area contributed by atoms with E-state index in [4.69, 9.17) is 16.1 Å². The number of hydrogen-bond acceptors (Lipinski definition) is 2. The van der Waals surface area contributed by atoms with Gasteiger partial charge in [0.2, 0.25) is 0 Å². The van der Waals surface area contributed by atoms with Crippen molar-refractivity contribution in [1.29, 1.82) is 0 Å². The number of aromatic nitrogens is 1. The van der Waals surface area contributed by atoms with Crippen molar-refractivity contribution in [2.45, 2.75) is 0 Å². The lowest BCUT2D eigenvalue weighted by molar-refractivity contribution is 0.457. The SMILES string of the molecule is Clc1noc2cccc(I)c12. The van der Waals surface area contributed by atoms with Gasteiger partial charge in [0, 0.05) is 3.57 Å². The molecule has 4 heteroatoms. The molecule has 0 aliphatic rings. The predicted molar refractivity (Wildman–Crippen MR) is 51.7 cm³/mol. The van der Waals surface area contributed by atoms with Crippen LogP contribution in [0.1, 0.15) is 0 Å². The third kappa shape index (κ3) is 1.12. The molecule has 2 rings (SSSR count). The minimum absolute atomic E-state index is 0.435. The van der Waals surface area contributed by atoms with E-state index >= 15 is 0 Å². The highest BCUT2D eigenvalue weighted by Crippen LogP contribution is 2.26. The van der Waals surface area contributed by atoms with Crippen molar-refractivity contribution in [3.63, 3.8) is 0 Å². The van der Waals surface area contributed by atoms with Gasteiger partial charge in [-0.2, -0.15) is 0 Å². The molecule has 0 unspecified atom stereocenters. The van der Waals surface area contributed by atoms with Gasteiger partial charge in [0.05, 0.1) is 5.39 Å². The summed E-state index contributed by atoms with van der Waals surface area (Å²) in [6.07, 6.45) is 0. The van der Waals surface area contributed by atoms with Gasteiger partial charge in [0.15, 0.2) is 10.7 Å². The fourth-order valence-corrected chi connectivity index (χ4v) is 2.03. The molecule has 11 heavy (non-hydrogen) atoms. The molecular formula is C7H3ClINO. The summed E-state index contributed by atoms with van der Waals surface area (Å²) in [5.41, 5.74) is 0.738. The minimum atomic E-state index is 0.435. The minimum Gasteiger partial charge on any atom is -0.355 e. The van der Waals surface area contributed by atoms with E-state index in [0.717, 1.165) is 14.5 Å². The maximum absolute atomic E-state index is 5.77. The van der Waals surface area contributed by atoms with Crippen molar-refractivity contribution in [1.82, 2.24) is 5.16 Å². The Hall–Kier alpha value is -0.290. The number of halogens is 2. The number of fused-ring (bicyclic) bond motifs is 1. The molecule has 1 aromatic heterocycles. The Morgan fingerprint density at radius 1 is 1.45 bits per heavy atom. The van der Waals surface area contributed by atoms with Crippen LogP contribution in [0.25, 0.3) is 11.0 Å². The molecule has 56 valence electrons. The first-order valence-electron chi connectivity index (χ1n) is 2.98. The van der Waals surface area contributed by atoms with Crippen molar-refractivity contribution in [2.75, 3.05) is 0 Å². The van der Waals surface area contributed by atoms with Gasteiger partial charge in [0.1, 0.15) is 0 Å². The van der Waals surface area contributed by atoms with Crippen LogP contribution in [0.5, 0.6) is 0 Å². The average Bonchev–Trinajstić information content (AvgIpc) is 2.34. The fraction of sp³-hybridized carbons (Fsp3) is 0. The van der Waals surface area contributed by atoms with Gasteiger partial charge in [-0.3, -0.25) is 0 Å². The second-order valence-electron chi connectivity index (χ2n) is 2.09. The molecule has 0 aliphatic carbocycles. The first-order valence-corrected chi connectivity index (χ1v) is 4.44. The zero-order valence-electron chi connectivity index (χ0n) is 5.34. The lowest BCUT2D eigenvalue weighted by atomic mass is 10.3. The molecule has 0 saturated carbocycles. The zero-order valence-corrected chi connectivity index (χ0v) is 8.26. The second-order valence-corrected chi connectivity index (χ2v) is 3.61. The van der Waals surface area contributed by atoms with Crippen molar-refractivity contribution in [3.8, 4) is 0 Å². The van der Waals surface area contributed by atoms with Crippen molar-refractivity contribution in [3.05, 3.63) is 26.9 Å². The molecule has 1 heterocycles. The maximum Gasteiger partial charge on any atom is 0.181 e. The number of hydrogen-bond donors (Lipinski definition) is 0. The second kappa shape index (κ2) is 2.64. The fourth-order valence-electron chi connectivity index (χ4n) is 0.916. The maximum atomic E-state index is 5.77. The first kappa shape index (κ1) is 7.36. The van der Waals surface area contributed by atoms with Crippen LogP contribution in [0.2, 0.25) is 5.15 Å². The van der Waals surface area contributed by atoms with E-state index in [1.165, 1.54) is 0 Å². The molecule has 2 aromatic rings. The van der Waals surface area contributed by atoms with Gasteiger partial charge < -0.3 is 4.52 Å². The summed E-state index contributed by atoms with van der Waals surface area (Å²) in [6.45, 7) is 0. The molecule has 0 amide bonds. The first-order chi connectivity index (χ1) is 5.29. The third-order valence-electron chi connectivity index (χ3n) is 1.41. The predicted octanol–water partition coefficient (Wildman–Crippen LogP) is 3.09. The van der Waals surface area contributed by atoms with Crippen molar-refractivity contribution in [2.24, 2.45) is 0 Å². The van der Waals surface area contributed by atoms with Gasteiger partial charge in [0.25, 0.3) is 0 Å². The van der Waals surface area contributed by atoms with E-state index in [-0.39, 0.29) is 0 Å². The Morgan fingerprint density at radius 3 is 3.00 bits per heavy atom. The van der Waals surface area contributed by atoms with Crippen LogP contribution in [0, 0.1) is 3.57 Å². The van der Waals surface area contributed by atoms with Gasteiger partial charge in [-0.25, -0.2) is 0 Å². The molecule has 0 bridgehead atoms. The molecule has 0 atom stereocenters. The van der Waals surface area contributed by atoms with E-state index < -0.39 is 0 Å². The Bertz CT molecular complexity index is 398. The summed E-state index contributed by atoms with van der Waals surface area (Å²) in [7, 11) is 0. The molecule has 0 radical (unpaired) electrons. The van der Waals surface area contributed by atoms with Crippen LogP contribution in [0.4, 0.5) is 0 Å². The quantitative estimate of drug-likeness (QED) is 0.693. The largest absolute Gasteiger partial charge is 0.355 e. The molecule has 2 nitrogen and oxygen atoms in total. The number of rotatable bonds is 0. The Labute approximate surface area is 81.6 Å². The molecular weight excluding hydrogens is 276 g/mol. The summed E-state index contributed by atoms with van der Waals surface area (Å²) in [5, 5.41) is 4.98. The van der Waals surface area contributed by atoms with Crippen LogP contribution in [-0.4, -0.2) is 5.16 Å². The van der Waals surface area contributed by atoms with Crippen molar-refractivity contribution < 1.29 is 4.52 Å². The lowest BCUT2D eigenvalue weighted by Crippen LogP contribution is -1.70. The summed E-state index contributed by atoms with van der Waals surface area (Å²) < 4.78 is 6.00. The van der Waals surface area contributed by atoms with Gasteiger partial charge in [-0.1, -0.05) is 22.8 Å². The topological polar surface area (TPSA) is 26.0 Å². The Morgan fingerprint density at radius 2 is 2.27 bits per heavy atom. The Balaban J connectivity index is 2.96. The van der Waals surface area contributed by atoms with Gasteiger partial charge in [-0.05, 0) is 34.7 Å². The Kier molecular flexibility index (Phi) is 1.77. The van der Waals surface area contributed by atoms with E-state index in [1.54, 1.807) is 0 Å². The molecule has 0 spiro atoms. The highest BCUT2D eigenvalue weighted by molar-refractivity contribution is 14.1. The molecule has 0 N–H and O–H groups in total. The van der Waals surface area contributed by atoms with Crippen LogP contribution in [-0.2, 0) is 0 Å². The van der Waals surface area contributed by atoms with E-state index in [1.807, 2.05) is 18.2 Å². The summed E-state index contributed by atoms with van der Waals surface area (Å²) in [6, 6.07) is 5.72. The standard InChI is InChI=1S/C7H3ClINO/c8-7-6-4(9)2-1-3-5(6)11-10-7/h1-3H. The van der Waals surface area contributed by atoms with E-state index in [0.29, 0.717) is 5.15 Å². The molecule has 0 aliphatic heterocycles. The lowest BCUT2D eigenvalue weighted by Gasteiger charge is -1.88. The molecule has 0 fully saturated rings. The molecule has 1 aromatic carbocycles. The smallest absolute Gasteiger partial charge is 0.181 e. The van der Waals surface area contributed by atoms with E-state index in [9.17, 15) is 0 Å². The van der Waals surface area contributed by atoms with Gasteiger partial charge >= 0.3 is 0 Å². The zero-order chi connectivity index (χ0) is 7.84. The highest BCUT2D eigenvalue weighted by atomic mass is 127. The number of nitrogens with zero attached hydrogens (tertiary/aromatic N) is 1. The average molecular weight is 279 g/mol. The van der Waals surface area contributed by atoms with Crippen LogP contribution in [0.15, 0.2) is 22.7 Å². The van der Waals surface area contributed by atoms with Crippen LogP contribution in [0.3, 0.4) is 0 Å². The summed E-state index contributed by atoms with van der Waals surface area (Å²) >= 11 is 7.96. The highest BCUT2D eigenvalue weighted by Gasteiger charge is 2.07. The third-order valence-corrected chi connectivity index (χ3v) is 2.56. The normalized spacial score (nSPS) is 10.7. The van der Waals surface area contributed by atoms with Crippen molar-refractivity contribution >= 4 is 45.2 Å². The summed E-state index contributed by atoms with van der Waals surface area (Å²) in [4.78, 5) is 0. The van der Waals surface area contributed by atoms with Gasteiger partial charge in [-0.15, -0.1) is 0 Å². The van der Waals surface area contributed by atoms with E-state index in [2.05, 4.69) is 27.7 Å². The van der Waals surface area contributed by atoms with Crippen LogP contribution < -0.4 is 0 Å². The number of benzene rings is 1.